The monoisotopic (exact) mass is 914 g/mol. The minimum atomic E-state index is -2.86. The van der Waals surface area contributed by atoms with Crippen LogP contribution >= 0.6 is 0 Å². The van der Waals surface area contributed by atoms with Crippen LogP contribution in [-0.4, -0.2) is 131 Å². The smallest absolute Gasteiger partial charge is 0.346 e. The fourth-order valence-electron chi connectivity index (χ4n) is 10.0. The second-order valence-corrected chi connectivity index (χ2v) is 19.4. The van der Waals surface area contributed by atoms with Crippen molar-refractivity contribution in [2.45, 2.75) is 173 Å². The summed E-state index contributed by atoms with van der Waals surface area (Å²) < 4.78 is 28.2. The Balaban J connectivity index is 1.26. The fraction of sp³-hybridized carbons (Fsp3) is 0.725. The third-order valence-electron chi connectivity index (χ3n) is 14.2. The van der Waals surface area contributed by atoms with Gasteiger partial charge in [-0.2, -0.15) is 0 Å². The predicted molar refractivity (Wildman–Crippen MR) is 246 cm³/mol. The van der Waals surface area contributed by atoms with Crippen LogP contribution in [0.4, 0.5) is 0 Å². The first-order chi connectivity index (χ1) is 30.7. The number of allylic oxidation sites excluding steroid dienone is 8. The van der Waals surface area contributed by atoms with E-state index in [2.05, 4.69) is 6.92 Å². The van der Waals surface area contributed by atoms with Gasteiger partial charge in [-0.25, -0.2) is 4.79 Å². The lowest BCUT2D eigenvalue weighted by Gasteiger charge is -2.53. The van der Waals surface area contributed by atoms with E-state index in [1.165, 1.54) is 12.0 Å². The molecule has 366 valence electrons. The second kappa shape index (κ2) is 24.6. The molecule has 0 aromatic heterocycles. The molecular formula is C51H79NO13. The fourth-order valence-corrected chi connectivity index (χ4v) is 10.0. The predicted octanol–water partition coefficient (Wildman–Crippen LogP) is 6.10. The largest absolute Gasteiger partial charge is 0.417 e. The number of ketones is 2. The molecule has 4 rings (SSSR count). The van der Waals surface area contributed by atoms with Crippen LogP contribution in [0.5, 0.6) is 0 Å². The highest BCUT2D eigenvalue weighted by atomic mass is 16.7. The van der Waals surface area contributed by atoms with Gasteiger partial charge in [0, 0.05) is 52.0 Å². The first-order valence-electron chi connectivity index (χ1n) is 23.8. The summed E-state index contributed by atoms with van der Waals surface area (Å²) in [5.41, 5.74) is 1.36. The van der Waals surface area contributed by atoms with Crippen LogP contribution in [-0.2, 0) is 42.9 Å². The molecule has 3 aliphatic heterocycles. The lowest BCUT2D eigenvalue weighted by Crippen LogP contribution is -2.75. The molecule has 0 unspecified atom stereocenters. The molecular weight excluding hydrogens is 835 g/mol. The highest BCUT2D eigenvalue weighted by Gasteiger charge is 2.69. The molecule has 4 N–H and O–H groups in total. The van der Waals surface area contributed by atoms with E-state index in [1.807, 2.05) is 57.2 Å². The van der Waals surface area contributed by atoms with Crippen molar-refractivity contribution < 1.29 is 63.3 Å². The van der Waals surface area contributed by atoms with E-state index in [9.17, 15) is 39.6 Å². The highest BCUT2D eigenvalue weighted by molar-refractivity contribution is 5.95. The van der Waals surface area contributed by atoms with Gasteiger partial charge >= 0.3 is 17.7 Å². The molecule has 0 radical (unpaired) electrons. The Labute approximate surface area is 387 Å². The molecule has 65 heavy (non-hydrogen) atoms. The molecule has 0 aromatic carbocycles. The molecule has 4 aliphatic rings. The van der Waals surface area contributed by atoms with Crippen LogP contribution < -0.4 is 0 Å². The summed E-state index contributed by atoms with van der Waals surface area (Å²) >= 11 is 0. The Morgan fingerprint density at radius 3 is 2.29 bits per heavy atom. The standard InChI is InChI=1S/C51H79NO13/c1-31(26-35(5)45(55)47(63-10)46(56)36(6)28-34(4)41(53)23-19-32(2)27-38-21-24-42(54)44(29-38)62-9)16-12-11-13-17-33(3)43(61-8)30-39-22-20-37(7)50(59,64-39)51(60)49(58)52-25-15-14-18-40(52)48(57)65-51/h11-13,16-17,19,23,28,31-32,34-35,37-40,42-44,46-47,54,56,59-60H,14-15,18,20-22,24-27,29-30H2,1-10H3/b13-11+,16-12+,23-19+,33-17+,36-28+/t31-,32+,34-,35-,37-,38+,39+,40+,42-,43+,44-,46-,47+,50-,51+/m1/s1. The van der Waals surface area contributed by atoms with Gasteiger partial charge in [0.2, 0.25) is 5.79 Å². The summed E-state index contributed by atoms with van der Waals surface area (Å²) in [7, 11) is 4.60. The van der Waals surface area contributed by atoms with Crippen LogP contribution in [0, 0.1) is 35.5 Å². The Hall–Kier alpha value is -3.34. The van der Waals surface area contributed by atoms with E-state index < -0.39 is 77.8 Å². The molecule has 14 heteroatoms. The first kappa shape index (κ1) is 54.3. The molecule has 14 nitrogen and oxygen atoms in total. The molecule has 3 saturated heterocycles. The number of ether oxygens (including phenoxy) is 5. The van der Waals surface area contributed by atoms with Crippen LogP contribution in [0.3, 0.4) is 0 Å². The summed E-state index contributed by atoms with van der Waals surface area (Å²) in [4.78, 5) is 54.3. The van der Waals surface area contributed by atoms with E-state index in [0.717, 1.165) is 31.3 Å². The molecule has 0 bridgehead atoms. The van der Waals surface area contributed by atoms with Gasteiger partial charge in [-0.15, -0.1) is 0 Å². The summed E-state index contributed by atoms with van der Waals surface area (Å²) in [6.07, 6.45) is 17.9. The number of morpholine rings is 1. The molecule has 0 aromatic rings. The third kappa shape index (κ3) is 13.6. The third-order valence-corrected chi connectivity index (χ3v) is 14.2. The van der Waals surface area contributed by atoms with Crippen molar-refractivity contribution in [2.75, 3.05) is 27.9 Å². The Morgan fingerprint density at radius 2 is 1.62 bits per heavy atom. The number of piperidine rings is 1. The van der Waals surface area contributed by atoms with Crippen LogP contribution in [0.2, 0.25) is 0 Å². The van der Waals surface area contributed by atoms with Gasteiger partial charge in [-0.1, -0.05) is 77.2 Å². The Kier molecular flexibility index (Phi) is 20.5. The van der Waals surface area contributed by atoms with Crippen molar-refractivity contribution in [3.8, 4) is 0 Å². The Bertz CT molecular complexity index is 1770. The van der Waals surface area contributed by atoms with E-state index in [1.54, 1.807) is 47.1 Å². The summed E-state index contributed by atoms with van der Waals surface area (Å²) in [6.45, 7) is 13.2. The number of rotatable bonds is 22. The van der Waals surface area contributed by atoms with Crippen LogP contribution in [0.15, 0.2) is 59.8 Å². The number of cyclic esters (lactones) is 1. The number of hydrogen-bond donors (Lipinski definition) is 4. The van der Waals surface area contributed by atoms with Crippen molar-refractivity contribution in [3.05, 3.63) is 59.8 Å². The highest BCUT2D eigenvalue weighted by Crippen LogP contribution is 2.45. The maximum absolute atomic E-state index is 13.5. The van der Waals surface area contributed by atoms with Crippen LogP contribution in [0.1, 0.15) is 119 Å². The van der Waals surface area contributed by atoms with Gasteiger partial charge in [0.25, 0.3) is 0 Å². The quantitative estimate of drug-likeness (QED) is 0.0421. The molecule has 0 spiro atoms. The van der Waals surface area contributed by atoms with Gasteiger partial charge in [0.05, 0.1) is 24.4 Å². The maximum Gasteiger partial charge on any atom is 0.346 e. The molecule has 1 aliphatic carbocycles. The zero-order chi connectivity index (χ0) is 48.2. The minimum absolute atomic E-state index is 0.0233. The number of esters is 1. The normalized spacial score (nSPS) is 32.8. The topological polar surface area (TPSA) is 199 Å². The first-order valence-corrected chi connectivity index (χ1v) is 23.8. The van der Waals surface area contributed by atoms with Crippen molar-refractivity contribution in [1.29, 1.82) is 0 Å². The Morgan fingerprint density at radius 1 is 0.892 bits per heavy atom. The van der Waals surface area contributed by atoms with E-state index in [0.29, 0.717) is 63.0 Å². The van der Waals surface area contributed by atoms with E-state index >= 15 is 0 Å². The molecule has 3 heterocycles. The van der Waals surface area contributed by atoms with Crippen molar-refractivity contribution in [3.63, 3.8) is 0 Å². The van der Waals surface area contributed by atoms with Crippen molar-refractivity contribution in [1.82, 2.24) is 4.90 Å². The number of hydrogen-bond acceptors (Lipinski definition) is 13. The van der Waals surface area contributed by atoms with Gasteiger partial charge in [0.1, 0.15) is 18.2 Å². The number of nitrogens with zero attached hydrogens (tertiary/aromatic N) is 1. The molecule has 1 saturated carbocycles. The number of aliphatic hydroxyl groups is 4. The zero-order valence-corrected chi connectivity index (χ0v) is 40.5. The molecule has 4 fully saturated rings. The zero-order valence-electron chi connectivity index (χ0n) is 40.5. The number of amides is 1. The number of carbonyl (C=O) groups excluding carboxylic acids is 4. The van der Waals surface area contributed by atoms with E-state index in [4.69, 9.17) is 23.7 Å². The summed E-state index contributed by atoms with van der Waals surface area (Å²) in [6, 6.07) is -0.773. The van der Waals surface area contributed by atoms with Gasteiger partial charge in [0.15, 0.2) is 11.6 Å². The van der Waals surface area contributed by atoms with Gasteiger partial charge in [-0.05, 0) is 113 Å². The average molecular weight is 914 g/mol. The van der Waals surface area contributed by atoms with Crippen molar-refractivity contribution in [2.24, 2.45) is 35.5 Å². The summed E-state index contributed by atoms with van der Waals surface area (Å²) in [5.74, 6) is -8.22. The maximum atomic E-state index is 13.5. The molecule has 15 atom stereocenters. The van der Waals surface area contributed by atoms with E-state index in [-0.39, 0.29) is 29.5 Å². The summed E-state index contributed by atoms with van der Waals surface area (Å²) in [5, 5.41) is 44.7. The van der Waals surface area contributed by atoms with Crippen LogP contribution in [0.25, 0.3) is 0 Å². The number of aliphatic hydroxyl groups excluding tert-OH is 2. The lowest BCUT2D eigenvalue weighted by molar-refractivity contribution is -0.403. The number of Topliss-reactive ketones (excluding diaryl/α,β-unsaturated/α-hetero) is 1. The SMILES string of the molecule is CO[C@@H](C[C@@H]1CC[C@@H](C)[C@](O)([C@@]2(O)OC(=O)[C@@H]3CCCCN3C2=O)O1)/C(C)=C/C=C/C=C/[C@@H](C)C[C@@H](C)C(=O)[C@H](OC)[C@H](O)/C(C)=C/[C@@H](C)C(=O)/C=C/[C@H](C)C[C@@H]1CC[C@@H](O)[C@H](OC)C1. The number of carbonyl (C=O) groups is 4. The van der Waals surface area contributed by atoms with Crippen molar-refractivity contribution >= 4 is 23.4 Å². The second-order valence-electron chi connectivity index (χ2n) is 19.4. The van der Waals surface area contributed by atoms with Gasteiger partial charge < -0.3 is 49.0 Å². The molecule has 1 amide bonds. The lowest BCUT2D eigenvalue weighted by atomic mass is 9.80. The number of methoxy groups -OCH3 is 3. The minimum Gasteiger partial charge on any atom is -0.417 e. The number of fused-ring (bicyclic) bond motifs is 1. The van der Waals surface area contributed by atoms with Gasteiger partial charge in [-0.3, -0.25) is 14.4 Å². The average Bonchev–Trinajstić information content (AvgIpc) is 3.28.